The van der Waals surface area contributed by atoms with Gasteiger partial charge in [0.2, 0.25) is 5.91 Å². The normalized spacial score (nSPS) is 10.9. The van der Waals surface area contributed by atoms with Gasteiger partial charge in [-0.2, -0.15) is 0 Å². The maximum Gasteiger partial charge on any atom is 0.221 e. The Morgan fingerprint density at radius 3 is 2.82 bits per heavy atom. The molecule has 0 saturated heterocycles. The quantitative estimate of drug-likeness (QED) is 0.462. The lowest BCUT2D eigenvalue weighted by Crippen LogP contribution is -2.12. The molecule has 1 aromatic carbocycles. The Kier molecular flexibility index (Phi) is 4.94. The van der Waals surface area contributed by atoms with E-state index in [-0.39, 0.29) is 11.7 Å². The highest BCUT2D eigenvalue weighted by Crippen LogP contribution is 2.32. The van der Waals surface area contributed by atoms with E-state index < -0.39 is 0 Å². The van der Waals surface area contributed by atoms with E-state index in [1.807, 2.05) is 34.2 Å². The molecule has 0 aliphatic carbocycles. The zero-order valence-electron chi connectivity index (χ0n) is 15.2. The van der Waals surface area contributed by atoms with Crippen LogP contribution in [0.3, 0.4) is 0 Å². The number of rotatable bonds is 6. The molecule has 142 valence electrons. The van der Waals surface area contributed by atoms with Crippen LogP contribution in [0.25, 0.3) is 21.7 Å². The topological polar surface area (TPSA) is 92.1 Å². The lowest BCUT2D eigenvalue weighted by molar-refractivity contribution is -0.114. The van der Waals surface area contributed by atoms with Gasteiger partial charge in [0.25, 0.3) is 0 Å². The smallest absolute Gasteiger partial charge is 0.221 e. The number of hydrogen-bond donors (Lipinski definition) is 3. The number of carbonyl (C=O) groups excluding carboxylic acids is 1. The number of phenolic OH excluding ortho intramolecular Hbond substituents is 1. The molecule has 4 aromatic rings. The molecule has 0 fully saturated rings. The maximum absolute atomic E-state index is 11.1. The van der Waals surface area contributed by atoms with E-state index >= 15 is 0 Å². The number of aromatic hydroxyl groups is 1. The van der Waals surface area contributed by atoms with Crippen molar-refractivity contribution in [2.24, 2.45) is 0 Å². The number of fused-ring (bicyclic) bond motifs is 1. The Bertz CT molecular complexity index is 1100. The van der Waals surface area contributed by atoms with E-state index in [1.54, 1.807) is 35.7 Å². The number of nitrogens with one attached hydrogen (secondary N) is 2. The van der Waals surface area contributed by atoms with Crippen LogP contribution in [-0.2, 0) is 11.3 Å². The summed E-state index contributed by atoms with van der Waals surface area (Å²) in [6, 6.07) is 13.0. The molecule has 3 heterocycles. The molecular weight excluding hydrogens is 374 g/mol. The number of aromatic nitrogens is 3. The zero-order valence-corrected chi connectivity index (χ0v) is 16.0. The molecule has 0 atom stereocenters. The van der Waals surface area contributed by atoms with Gasteiger partial charge in [-0.1, -0.05) is 12.1 Å². The van der Waals surface area contributed by atoms with Crippen molar-refractivity contribution in [1.82, 2.24) is 14.5 Å². The number of hydrogen-bond acceptors (Lipinski definition) is 6. The number of amides is 1. The lowest BCUT2D eigenvalue weighted by Gasteiger charge is -2.11. The Morgan fingerprint density at radius 2 is 2.11 bits per heavy atom. The summed E-state index contributed by atoms with van der Waals surface area (Å²) in [5.74, 6) is 1.63. The molecule has 4 rings (SSSR count). The zero-order chi connectivity index (χ0) is 19.5. The molecule has 8 heteroatoms. The molecule has 0 bridgehead atoms. The Balaban J connectivity index is 1.54. The number of anilines is 2. The second-order valence-corrected chi connectivity index (χ2v) is 7.20. The van der Waals surface area contributed by atoms with Crippen LogP contribution < -0.4 is 10.6 Å². The number of imidazole rings is 1. The number of para-hydroxylation sites is 1. The summed E-state index contributed by atoms with van der Waals surface area (Å²) in [6.07, 6.45) is 1.61. The highest BCUT2D eigenvalue weighted by Gasteiger charge is 2.15. The van der Waals surface area contributed by atoms with Crippen molar-refractivity contribution in [3.63, 3.8) is 0 Å². The SMILES string of the molecule is CC(=O)Nc1ccc(NCCn2c(-c3cccs3)nc3cccc(O)c32)nc1. The van der Waals surface area contributed by atoms with Gasteiger partial charge >= 0.3 is 0 Å². The van der Waals surface area contributed by atoms with Crippen LogP contribution in [0.5, 0.6) is 5.75 Å². The van der Waals surface area contributed by atoms with Crippen molar-refractivity contribution < 1.29 is 9.90 Å². The molecule has 0 radical (unpaired) electrons. The summed E-state index contributed by atoms with van der Waals surface area (Å²) >= 11 is 1.62. The summed E-state index contributed by atoms with van der Waals surface area (Å²) in [5.41, 5.74) is 2.14. The van der Waals surface area contributed by atoms with Gasteiger partial charge in [0.05, 0.1) is 22.3 Å². The van der Waals surface area contributed by atoms with Crippen molar-refractivity contribution in [2.45, 2.75) is 13.5 Å². The van der Waals surface area contributed by atoms with Crippen molar-refractivity contribution >= 4 is 39.8 Å². The van der Waals surface area contributed by atoms with Crippen LogP contribution in [0.2, 0.25) is 0 Å². The number of nitrogens with zero attached hydrogens (tertiary/aromatic N) is 3. The third-order valence-corrected chi connectivity index (χ3v) is 5.08. The fourth-order valence-corrected chi connectivity index (χ4v) is 3.77. The highest BCUT2D eigenvalue weighted by atomic mass is 32.1. The molecular formula is C20H19N5O2S. The molecule has 7 nitrogen and oxygen atoms in total. The van der Waals surface area contributed by atoms with Gasteiger partial charge < -0.3 is 20.3 Å². The van der Waals surface area contributed by atoms with Crippen LogP contribution in [-0.4, -0.2) is 32.1 Å². The minimum absolute atomic E-state index is 0.129. The van der Waals surface area contributed by atoms with E-state index in [0.717, 1.165) is 21.7 Å². The number of benzene rings is 1. The highest BCUT2D eigenvalue weighted by molar-refractivity contribution is 7.13. The molecule has 0 spiro atoms. The van der Waals surface area contributed by atoms with Crippen LogP contribution in [0.1, 0.15) is 6.92 Å². The average Bonchev–Trinajstić information content (AvgIpc) is 3.31. The second kappa shape index (κ2) is 7.69. The first-order valence-corrected chi connectivity index (χ1v) is 9.69. The first kappa shape index (κ1) is 18.0. The number of carbonyl (C=O) groups is 1. The fraction of sp³-hybridized carbons (Fsp3) is 0.150. The lowest BCUT2D eigenvalue weighted by atomic mass is 10.3. The molecule has 0 unspecified atom stereocenters. The fourth-order valence-electron chi connectivity index (χ4n) is 3.05. The molecule has 1 amide bonds. The van der Waals surface area contributed by atoms with E-state index in [4.69, 9.17) is 4.98 Å². The van der Waals surface area contributed by atoms with Crippen LogP contribution in [0.15, 0.2) is 54.0 Å². The summed E-state index contributed by atoms with van der Waals surface area (Å²) in [6.45, 7) is 2.67. The predicted octanol–water partition coefficient (Wildman–Crippen LogP) is 3.94. The number of thiophene rings is 1. The molecule has 0 aliphatic heterocycles. The third-order valence-electron chi connectivity index (χ3n) is 4.21. The molecule has 3 N–H and O–H groups in total. The number of pyridine rings is 1. The summed E-state index contributed by atoms with van der Waals surface area (Å²) < 4.78 is 2.02. The third kappa shape index (κ3) is 3.67. The Labute approximate surface area is 165 Å². The summed E-state index contributed by atoms with van der Waals surface area (Å²) in [7, 11) is 0. The van der Waals surface area contributed by atoms with Crippen molar-refractivity contribution in [1.29, 1.82) is 0 Å². The minimum Gasteiger partial charge on any atom is -0.506 e. The second-order valence-electron chi connectivity index (χ2n) is 6.25. The molecule has 0 aliphatic rings. The molecule has 0 saturated carbocycles. The van der Waals surface area contributed by atoms with Crippen molar-refractivity contribution in [3.8, 4) is 16.5 Å². The average molecular weight is 393 g/mol. The van der Waals surface area contributed by atoms with Crippen molar-refractivity contribution in [3.05, 3.63) is 54.0 Å². The van der Waals surface area contributed by atoms with Gasteiger partial charge in [-0.3, -0.25) is 4.79 Å². The van der Waals surface area contributed by atoms with Gasteiger partial charge in [-0.25, -0.2) is 9.97 Å². The van der Waals surface area contributed by atoms with Gasteiger partial charge in [-0.05, 0) is 35.7 Å². The first-order valence-electron chi connectivity index (χ1n) is 8.81. The largest absolute Gasteiger partial charge is 0.506 e. The maximum atomic E-state index is 11.1. The van der Waals surface area contributed by atoms with Crippen molar-refractivity contribution in [2.75, 3.05) is 17.2 Å². The summed E-state index contributed by atoms with van der Waals surface area (Å²) in [5, 5.41) is 18.3. The summed E-state index contributed by atoms with van der Waals surface area (Å²) in [4.78, 5) is 21.1. The monoisotopic (exact) mass is 393 g/mol. The first-order chi connectivity index (χ1) is 13.6. The standard InChI is InChI=1S/C20H19N5O2S/c1-13(26)23-14-7-8-18(22-12-14)21-9-10-25-19-15(4-2-5-16(19)27)24-20(25)17-6-3-11-28-17/h2-8,11-12,27H,9-10H2,1H3,(H,21,22)(H,23,26). The van der Waals surface area contributed by atoms with Crippen LogP contribution >= 0.6 is 11.3 Å². The van der Waals surface area contributed by atoms with Gasteiger partial charge in [-0.15, -0.1) is 11.3 Å². The van der Waals surface area contributed by atoms with Gasteiger partial charge in [0, 0.05) is 20.0 Å². The Morgan fingerprint density at radius 1 is 1.21 bits per heavy atom. The predicted molar refractivity (Wildman–Crippen MR) is 112 cm³/mol. The molecule has 3 aromatic heterocycles. The number of phenols is 1. The minimum atomic E-state index is -0.129. The van der Waals surface area contributed by atoms with Crippen LogP contribution in [0, 0.1) is 0 Å². The van der Waals surface area contributed by atoms with E-state index in [0.29, 0.717) is 24.6 Å². The van der Waals surface area contributed by atoms with E-state index in [1.165, 1.54) is 6.92 Å². The molecule has 28 heavy (non-hydrogen) atoms. The van der Waals surface area contributed by atoms with Gasteiger partial charge in [0.1, 0.15) is 17.1 Å². The van der Waals surface area contributed by atoms with E-state index in [9.17, 15) is 9.90 Å². The van der Waals surface area contributed by atoms with E-state index in [2.05, 4.69) is 15.6 Å². The van der Waals surface area contributed by atoms with Crippen LogP contribution in [0.4, 0.5) is 11.5 Å². The Hall–Kier alpha value is -3.39. The van der Waals surface area contributed by atoms with Gasteiger partial charge in [0.15, 0.2) is 5.82 Å².